The van der Waals surface area contributed by atoms with Crippen LogP contribution >= 0.6 is 47.8 Å². The normalized spacial score (nSPS) is 37.4. The van der Waals surface area contributed by atoms with Gasteiger partial charge in [0.2, 0.25) is 2.14 Å². The number of nitrogens with one attached hydrogen (secondary N) is 1. The lowest BCUT2D eigenvalue weighted by Crippen LogP contribution is -2.65. The van der Waals surface area contributed by atoms with Gasteiger partial charge in [-0.15, -0.1) is 0 Å². The molecular formula is C8H12Br3NO6. The lowest BCUT2D eigenvalue weighted by molar-refractivity contribution is -0.253. The lowest BCUT2D eigenvalue weighted by Gasteiger charge is -2.40. The Hall–Kier alpha value is 0.710. The summed E-state index contributed by atoms with van der Waals surface area (Å²) < 4.78 is 3.62. The Balaban J connectivity index is 2.74. The molecule has 1 saturated heterocycles. The van der Waals surface area contributed by atoms with Crippen LogP contribution in [0.25, 0.3) is 0 Å². The van der Waals surface area contributed by atoms with Crippen molar-refractivity contribution in [1.29, 1.82) is 0 Å². The fraction of sp³-hybridized carbons (Fsp3) is 0.875. The molecule has 0 aromatic heterocycles. The molecule has 0 radical (unpaired) electrons. The molecule has 1 amide bonds. The van der Waals surface area contributed by atoms with Crippen LogP contribution in [0, 0.1) is 0 Å². The molecule has 5 atom stereocenters. The number of ether oxygens (including phenoxy) is 1. The van der Waals surface area contributed by atoms with Crippen LogP contribution in [0.4, 0.5) is 0 Å². The Bertz CT molecular complexity index is 312. The summed E-state index contributed by atoms with van der Waals surface area (Å²) in [6.07, 6.45) is -5.53. The standard InChI is InChI=1S/C8H12Br3NO6/c9-8(10,11)7(17)12-3-5(15)4(14)2(1-13)18-6(3)16/h2-6,13-16H,1H2,(H,12,17)/t2-,3+,4-,5-,6?/m1/s1. The molecule has 1 aliphatic rings. The summed E-state index contributed by atoms with van der Waals surface area (Å²) in [7, 11) is 0. The van der Waals surface area contributed by atoms with Crippen molar-refractivity contribution in [2.45, 2.75) is 32.8 Å². The van der Waals surface area contributed by atoms with Crippen LogP contribution in [0.3, 0.4) is 0 Å². The Morgan fingerprint density at radius 2 is 1.78 bits per heavy atom. The molecule has 0 spiro atoms. The van der Waals surface area contributed by atoms with Gasteiger partial charge in [-0.1, -0.05) is 0 Å². The highest BCUT2D eigenvalue weighted by Crippen LogP contribution is 2.34. The molecule has 0 aromatic rings. The molecule has 1 heterocycles. The van der Waals surface area contributed by atoms with Gasteiger partial charge < -0.3 is 30.5 Å². The molecule has 106 valence electrons. The minimum atomic E-state index is -1.54. The van der Waals surface area contributed by atoms with Crippen LogP contribution in [0.5, 0.6) is 0 Å². The fourth-order valence-corrected chi connectivity index (χ4v) is 1.83. The SMILES string of the molecule is O=C(N[C@@H]1C(O)O[C@H](CO)[C@@H](O)[C@@H]1O)C(Br)(Br)Br. The maximum atomic E-state index is 11.6. The van der Waals surface area contributed by atoms with Crippen molar-refractivity contribution in [1.82, 2.24) is 5.32 Å². The molecule has 0 bridgehead atoms. The molecule has 0 aromatic carbocycles. The molecule has 18 heavy (non-hydrogen) atoms. The number of amides is 1. The van der Waals surface area contributed by atoms with Crippen LogP contribution in [0.1, 0.15) is 0 Å². The second-order valence-electron chi connectivity index (χ2n) is 3.73. The Morgan fingerprint density at radius 1 is 1.22 bits per heavy atom. The summed E-state index contributed by atoms with van der Waals surface area (Å²) >= 11 is 8.90. The van der Waals surface area contributed by atoms with Crippen LogP contribution < -0.4 is 5.32 Å². The molecule has 1 fully saturated rings. The number of rotatable bonds is 2. The zero-order valence-corrected chi connectivity index (χ0v) is 13.6. The summed E-state index contributed by atoms with van der Waals surface area (Å²) in [4.78, 5) is 11.6. The van der Waals surface area contributed by atoms with Crippen molar-refractivity contribution >= 4 is 53.7 Å². The zero-order chi connectivity index (χ0) is 14.1. The van der Waals surface area contributed by atoms with E-state index in [4.69, 9.17) is 9.84 Å². The maximum absolute atomic E-state index is 11.6. The smallest absolute Gasteiger partial charge is 0.259 e. The van der Waals surface area contributed by atoms with Gasteiger partial charge in [0, 0.05) is 0 Å². The van der Waals surface area contributed by atoms with E-state index in [-0.39, 0.29) is 0 Å². The monoisotopic (exact) mass is 455 g/mol. The number of carbonyl (C=O) groups excluding carboxylic acids is 1. The molecule has 7 nitrogen and oxygen atoms in total. The Labute approximate surface area is 128 Å². The quantitative estimate of drug-likeness (QED) is 0.330. The molecule has 0 saturated carbocycles. The van der Waals surface area contributed by atoms with E-state index < -0.39 is 45.3 Å². The number of aliphatic hydroxyl groups excluding tert-OH is 4. The van der Waals surface area contributed by atoms with Gasteiger partial charge in [0.15, 0.2) is 6.29 Å². The van der Waals surface area contributed by atoms with Crippen molar-refractivity contribution < 1.29 is 30.0 Å². The van der Waals surface area contributed by atoms with E-state index in [1.54, 1.807) is 0 Å². The van der Waals surface area contributed by atoms with Gasteiger partial charge in [0.1, 0.15) is 24.4 Å². The van der Waals surface area contributed by atoms with Crippen molar-refractivity contribution in [3.05, 3.63) is 0 Å². The summed E-state index contributed by atoms with van der Waals surface area (Å²) in [6, 6.07) is -1.22. The number of hydrogen-bond acceptors (Lipinski definition) is 6. The number of halogens is 3. The highest BCUT2D eigenvalue weighted by atomic mass is 80.0. The van der Waals surface area contributed by atoms with Crippen molar-refractivity contribution in [3.63, 3.8) is 0 Å². The van der Waals surface area contributed by atoms with Crippen molar-refractivity contribution in [2.75, 3.05) is 6.61 Å². The van der Waals surface area contributed by atoms with Crippen LogP contribution in [-0.2, 0) is 9.53 Å². The molecule has 1 aliphatic heterocycles. The van der Waals surface area contributed by atoms with Gasteiger partial charge in [-0.25, -0.2) is 0 Å². The average molecular weight is 458 g/mol. The largest absolute Gasteiger partial charge is 0.394 e. The third kappa shape index (κ3) is 3.85. The van der Waals surface area contributed by atoms with Crippen molar-refractivity contribution in [2.24, 2.45) is 0 Å². The van der Waals surface area contributed by atoms with E-state index in [0.717, 1.165) is 0 Å². The van der Waals surface area contributed by atoms with Gasteiger partial charge in [0.25, 0.3) is 5.91 Å². The van der Waals surface area contributed by atoms with Crippen LogP contribution in [0.15, 0.2) is 0 Å². The maximum Gasteiger partial charge on any atom is 0.259 e. The van der Waals surface area contributed by atoms with Gasteiger partial charge in [-0.2, -0.15) is 0 Å². The van der Waals surface area contributed by atoms with Gasteiger partial charge >= 0.3 is 0 Å². The first kappa shape index (κ1) is 16.8. The van der Waals surface area contributed by atoms with Gasteiger partial charge in [-0.05, 0) is 47.8 Å². The minimum Gasteiger partial charge on any atom is -0.394 e. The molecular weight excluding hydrogens is 446 g/mol. The third-order valence-corrected chi connectivity index (χ3v) is 3.54. The van der Waals surface area contributed by atoms with E-state index in [2.05, 4.69) is 53.1 Å². The summed E-state index contributed by atoms with van der Waals surface area (Å²) in [5.41, 5.74) is 0. The second kappa shape index (κ2) is 6.44. The summed E-state index contributed by atoms with van der Waals surface area (Å²) in [5, 5.41) is 40.1. The summed E-state index contributed by atoms with van der Waals surface area (Å²) in [6.45, 7) is -0.560. The minimum absolute atomic E-state index is 0.560. The number of alkyl halides is 3. The van der Waals surface area contributed by atoms with E-state index in [9.17, 15) is 20.1 Å². The van der Waals surface area contributed by atoms with E-state index >= 15 is 0 Å². The number of carbonyl (C=O) groups is 1. The van der Waals surface area contributed by atoms with Crippen molar-refractivity contribution in [3.8, 4) is 0 Å². The third-order valence-electron chi connectivity index (χ3n) is 2.46. The fourth-order valence-electron chi connectivity index (χ4n) is 1.49. The second-order valence-corrected chi connectivity index (χ2v) is 10.5. The first-order chi connectivity index (χ1) is 8.18. The Kier molecular flexibility index (Phi) is 6.00. The topological polar surface area (TPSA) is 119 Å². The van der Waals surface area contributed by atoms with Gasteiger partial charge in [0.05, 0.1) is 6.61 Å². The average Bonchev–Trinajstić information content (AvgIpc) is 2.27. The van der Waals surface area contributed by atoms with E-state index in [1.807, 2.05) is 0 Å². The van der Waals surface area contributed by atoms with Crippen LogP contribution in [-0.4, -0.2) is 65.7 Å². The molecule has 1 unspecified atom stereocenters. The molecule has 5 N–H and O–H groups in total. The highest BCUT2D eigenvalue weighted by Gasteiger charge is 2.45. The Morgan fingerprint density at radius 3 is 2.22 bits per heavy atom. The molecule has 10 heteroatoms. The predicted octanol–water partition coefficient (Wildman–Crippen LogP) is -1.26. The van der Waals surface area contributed by atoms with E-state index in [0.29, 0.717) is 0 Å². The molecule has 0 aliphatic carbocycles. The predicted molar refractivity (Wildman–Crippen MR) is 71.4 cm³/mol. The molecule has 1 rings (SSSR count). The number of aliphatic hydroxyl groups is 4. The first-order valence-electron chi connectivity index (χ1n) is 4.86. The lowest BCUT2D eigenvalue weighted by atomic mass is 9.97. The number of hydrogen-bond donors (Lipinski definition) is 5. The van der Waals surface area contributed by atoms with E-state index in [1.165, 1.54) is 0 Å². The zero-order valence-electron chi connectivity index (χ0n) is 8.83. The summed E-state index contributed by atoms with van der Waals surface area (Å²) in [5.74, 6) is -0.635. The van der Waals surface area contributed by atoms with Crippen LogP contribution in [0.2, 0.25) is 0 Å². The van der Waals surface area contributed by atoms with Gasteiger partial charge in [-0.3, -0.25) is 4.79 Å². The first-order valence-corrected chi connectivity index (χ1v) is 7.24. The highest BCUT2D eigenvalue weighted by molar-refractivity contribution is 9.40.